The molecule has 2 N–H and O–H groups in total. The van der Waals surface area contributed by atoms with Crippen molar-refractivity contribution in [3.05, 3.63) is 57.0 Å². The van der Waals surface area contributed by atoms with Crippen LogP contribution in [0.2, 0.25) is 0 Å². The predicted molar refractivity (Wildman–Crippen MR) is 134 cm³/mol. The molecule has 11 nitrogen and oxygen atoms in total. The van der Waals surface area contributed by atoms with Crippen molar-refractivity contribution in [2.45, 2.75) is 56.8 Å². The molecule has 0 saturated heterocycles. The van der Waals surface area contributed by atoms with E-state index in [4.69, 9.17) is 4.74 Å². The monoisotopic (exact) mass is 529 g/mol. The highest BCUT2D eigenvalue weighted by Crippen LogP contribution is 2.49. The molecule has 12 heteroatoms. The summed E-state index contributed by atoms with van der Waals surface area (Å²) in [5.41, 5.74) is -2.22. The summed E-state index contributed by atoms with van der Waals surface area (Å²) in [5.74, 6) is -3.43. The molecule has 2 bridgehead atoms. The van der Waals surface area contributed by atoms with Crippen molar-refractivity contribution in [1.29, 1.82) is 0 Å². The van der Waals surface area contributed by atoms with Crippen LogP contribution in [-0.2, 0) is 33.0 Å². The predicted octanol–water partition coefficient (Wildman–Crippen LogP) is 1.04. The second-order valence-electron chi connectivity index (χ2n) is 10.3. The maximum absolute atomic E-state index is 13.6. The Morgan fingerprint density at radius 3 is 2.39 bits per heavy atom. The zero-order valence-corrected chi connectivity index (χ0v) is 22.1. The third kappa shape index (κ3) is 4.42. The molecule has 204 valence electrons. The standard InChI is InChI=1S/C26H32FN5O6/c1-15-12-16(6-7-17(15)27)13-28-20(34)18-19(33)21(35)32-14-25(38-5)8-10-26(11-9-25,24(32)29-18)31(4)23(37)22(36)30(2)3/h6-7,12,33H,8-11,13-14H2,1-5H3,(H,28,34). The van der Waals surface area contributed by atoms with Gasteiger partial charge in [-0.1, -0.05) is 12.1 Å². The quantitative estimate of drug-likeness (QED) is 0.553. The number of nitrogens with one attached hydrogen (secondary N) is 1. The zero-order chi connectivity index (χ0) is 28.0. The number of fused-ring (bicyclic) bond motifs is 2. The van der Waals surface area contributed by atoms with Crippen LogP contribution >= 0.6 is 0 Å². The number of carbonyl (C=O) groups excluding carboxylic acids is 3. The number of amides is 3. The minimum Gasteiger partial charge on any atom is -0.501 e. The average molecular weight is 530 g/mol. The van der Waals surface area contributed by atoms with E-state index in [1.54, 1.807) is 20.1 Å². The Hall–Kier alpha value is -3.80. The van der Waals surface area contributed by atoms with Gasteiger partial charge in [0.15, 0.2) is 5.69 Å². The third-order valence-electron chi connectivity index (χ3n) is 7.86. The van der Waals surface area contributed by atoms with Crippen molar-refractivity contribution >= 4 is 17.7 Å². The number of hydrogen-bond donors (Lipinski definition) is 2. The van der Waals surface area contributed by atoms with E-state index < -0.39 is 45.9 Å². The van der Waals surface area contributed by atoms with Crippen molar-refractivity contribution in [3.8, 4) is 5.75 Å². The van der Waals surface area contributed by atoms with Crippen LogP contribution in [0, 0.1) is 12.7 Å². The largest absolute Gasteiger partial charge is 0.501 e. The van der Waals surface area contributed by atoms with Gasteiger partial charge >= 0.3 is 11.8 Å². The molecule has 1 fully saturated rings. The maximum Gasteiger partial charge on any atom is 0.312 e. The molecule has 38 heavy (non-hydrogen) atoms. The van der Waals surface area contributed by atoms with Crippen molar-refractivity contribution in [1.82, 2.24) is 24.7 Å². The van der Waals surface area contributed by atoms with E-state index >= 15 is 0 Å². The molecule has 5 rings (SSSR count). The Kier molecular flexibility index (Phi) is 7.04. The van der Waals surface area contributed by atoms with E-state index in [9.17, 15) is 28.7 Å². The number of hydrogen-bond acceptors (Lipinski definition) is 7. The van der Waals surface area contributed by atoms with Gasteiger partial charge in [0.25, 0.3) is 11.5 Å². The molecule has 1 saturated carbocycles. The number of halogens is 1. The van der Waals surface area contributed by atoms with Crippen LogP contribution in [0.25, 0.3) is 0 Å². The molecule has 0 spiro atoms. The van der Waals surface area contributed by atoms with Crippen LogP contribution in [-0.4, -0.2) is 76.0 Å². The van der Waals surface area contributed by atoms with Gasteiger partial charge in [0.1, 0.15) is 17.2 Å². The fourth-order valence-electron chi connectivity index (χ4n) is 5.36. The lowest BCUT2D eigenvalue weighted by molar-refractivity contribution is -0.156. The number of aromatic nitrogens is 2. The van der Waals surface area contributed by atoms with Gasteiger partial charge < -0.3 is 25.0 Å². The highest BCUT2D eigenvalue weighted by molar-refractivity contribution is 6.34. The van der Waals surface area contributed by atoms with Crippen LogP contribution < -0.4 is 10.9 Å². The van der Waals surface area contributed by atoms with Crippen molar-refractivity contribution < 1.29 is 28.6 Å². The number of benzene rings is 1. The smallest absolute Gasteiger partial charge is 0.312 e. The molecular formula is C26H32FN5O6. The Morgan fingerprint density at radius 2 is 1.82 bits per heavy atom. The lowest BCUT2D eigenvalue weighted by Gasteiger charge is -2.45. The third-order valence-corrected chi connectivity index (χ3v) is 7.86. The van der Waals surface area contributed by atoms with Crippen LogP contribution in [0.4, 0.5) is 4.39 Å². The maximum atomic E-state index is 13.6. The van der Waals surface area contributed by atoms with Crippen LogP contribution in [0.15, 0.2) is 23.0 Å². The van der Waals surface area contributed by atoms with Crippen molar-refractivity contribution in [2.75, 3.05) is 28.3 Å². The lowest BCUT2D eigenvalue weighted by atomic mass is 9.74. The number of ether oxygens (including phenoxy) is 1. The number of aromatic hydroxyl groups is 1. The second-order valence-corrected chi connectivity index (χ2v) is 10.3. The number of aryl methyl sites for hydroxylation is 1. The molecular weight excluding hydrogens is 497 g/mol. The fraction of sp³-hybridized carbons (Fsp3) is 0.500. The molecule has 2 aliphatic heterocycles. The first-order valence-corrected chi connectivity index (χ1v) is 12.3. The first kappa shape index (κ1) is 27.2. The summed E-state index contributed by atoms with van der Waals surface area (Å²) in [5, 5.41) is 13.4. The Morgan fingerprint density at radius 1 is 1.16 bits per heavy atom. The van der Waals surface area contributed by atoms with Crippen molar-refractivity contribution in [2.24, 2.45) is 0 Å². The molecule has 1 aliphatic carbocycles. The van der Waals surface area contributed by atoms with Gasteiger partial charge in [-0.2, -0.15) is 0 Å². The van der Waals surface area contributed by atoms with Gasteiger partial charge in [0, 0.05) is 34.8 Å². The summed E-state index contributed by atoms with van der Waals surface area (Å²) in [7, 11) is 5.96. The number of rotatable bonds is 5. The SMILES string of the molecule is COC12CCC(N(C)C(=O)C(=O)N(C)C)(CC1)c1nc(C(=O)NCc3ccc(F)c(C)c3)c(O)c(=O)n1C2. The van der Waals surface area contributed by atoms with Gasteiger partial charge in [0.2, 0.25) is 5.75 Å². The minimum atomic E-state index is -1.18. The molecule has 0 unspecified atom stereocenters. The highest BCUT2D eigenvalue weighted by atomic mass is 19.1. The Labute approximate surface area is 219 Å². The molecule has 3 amide bonds. The number of carbonyl (C=O) groups is 3. The first-order valence-electron chi connectivity index (χ1n) is 12.3. The van der Waals surface area contributed by atoms with Crippen LogP contribution in [0.1, 0.15) is 53.1 Å². The normalized spacial score (nSPS) is 21.8. The summed E-state index contributed by atoms with van der Waals surface area (Å²) in [6, 6.07) is 4.38. The summed E-state index contributed by atoms with van der Waals surface area (Å²) in [6.45, 7) is 1.68. The van der Waals surface area contributed by atoms with E-state index in [0.29, 0.717) is 36.8 Å². The van der Waals surface area contributed by atoms with Crippen molar-refractivity contribution in [3.63, 3.8) is 0 Å². The van der Waals surface area contributed by atoms with Gasteiger partial charge in [0.05, 0.1) is 12.1 Å². The lowest BCUT2D eigenvalue weighted by Crippen LogP contribution is -2.55. The molecule has 3 heterocycles. The number of nitrogens with zero attached hydrogens (tertiary/aromatic N) is 4. The van der Waals surface area contributed by atoms with E-state index in [1.807, 2.05) is 0 Å². The summed E-state index contributed by atoms with van der Waals surface area (Å²) in [6.07, 6.45) is 1.59. The first-order chi connectivity index (χ1) is 17.9. The molecule has 0 atom stereocenters. The van der Waals surface area contributed by atoms with Gasteiger partial charge in [-0.3, -0.25) is 23.7 Å². The van der Waals surface area contributed by atoms with E-state index in [0.717, 1.165) is 0 Å². The molecule has 1 aromatic heterocycles. The van der Waals surface area contributed by atoms with E-state index in [-0.39, 0.29) is 24.7 Å². The van der Waals surface area contributed by atoms with Gasteiger partial charge in [-0.05, 0) is 49.8 Å². The molecule has 2 aromatic rings. The second kappa shape index (κ2) is 9.82. The summed E-state index contributed by atoms with van der Waals surface area (Å²) in [4.78, 5) is 59.2. The summed E-state index contributed by atoms with van der Waals surface area (Å²) < 4.78 is 20.7. The van der Waals surface area contributed by atoms with E-state index in [1.165, 1.54) is 47.6 Å². The van der Waals surface area contributed by atoms with E-state index in [2.05, 4.69) is 10.3 Å². The number of likely N-dealkylation sites (N-methyl/N-ethyl adjacent to an activating group) is 2. The van der Waals surface area contributed by atoms with Crippen LogP contribution in [0.5, 0.6) is 5.75 Å². The molecule has 3 aliphatic rings. The minimum absolute atomic E-state index is 0.00709. The topological polar surface area (TPSA) is 134 Å². The average Bonchev–Trinajstić information content (AvgIpc) is 3.14. The van der Waals surface area contributed by atoms with Crippen LogP contribution in [0.3, 0.4) is 0 Å². The fourth-order valence-corrected chi connectivity index (χ4v) is 5.36. The Balaban J connectivity index is 1.78. The number of methoxy groups -OCH3 is 1. The highest BCUT2D eigenvalue weighted by Gasteiger charge is 2.54. The molecule has 1 aromatic carbocycles. The summed E-state index contributed by atoms with van der Waals surface area (Å²) >= 11 is 0. The molecule has 0 radical (unpaired) electrons. The Bertz CT molecular complexity index is 1360. The van der Waals surface area contributed by atoms with Gasteiger partial charge in [-0.15, -0.1) is 0 Å². The van der Waals surface area contributed by atoms with Gasteiger partial charge in [-0.25, -0.2) is 9.37 Å². The zero-order valence-electron chi connectivity index (χ0n) is 22.1.